The van der Waals surface area contributed by atoms with Gasteiger partial charge in [-0.2, -0.15) is 5.26 Å². The van der Waals surface area contributed by atoms with Crippen LogP contribution in [0.4, 0.5) is 14.5 Å². The summed E-state index contributed by atoms with van der Waals surface area (Å²) in [6.07, 6.45) is 0. The van der Waals surface area contributed by atoms with Crippen LogP contribution >= 0.6 is 0 Å². The lowest BCUT2D eigenvalue weighted by Crippen LogP contribution is -2.09. The minimum absolute atomic E-state index is 0.0531. The molecule has 0 bridgehead atoms. The Morgan fingerprint density at radius 1 is 1.29 bits per heavy atom. The molecule has 106 valence electrons. The van der Waals surface area contributed by atoms with Crippen LogP contribution in [0.3, 0.4) is 0 Å². The first-order chi connectivity index (χ1) is 10.0. The van der Waals surface area contributed by atoms with E-state index in [0.29, 0.717) is 0 Å². The van der Waals surface area contributed by atoms with Crippen molar-refractivity contribution in [3.63, 3.8) is 0 Å². The minimum Gasteiger partial charge on any atom is -0.457 e. The lowest BCUT2D eigenvalue weighted by atomic mass is 10.1. The Labute approximate surface area is 119 Å². The molecular weight excluding hydrogens is 278 g/mol. The van der Waals surface area contributed by atoms with E-state index in [-0.39, 0.29) is 29.0 Å². The number of benzene rings is 2. The quantitative estimate of drug-likeness (QED) is 0.696. The van der Waals surface area contributed by atoms with Crippen LogP contribution in [-0.4, -0.2) is 5.97 Å². The number of halogens is 2. The maximum atomic E-state index is 13.8. The SMILES string of the molecule is N#Cc1cccc(COC(=O)c2cc(F)ccc2N)c1F. The van der Waals surface area contributed by atoms with Gasteiger partial charge in [-0.05, 0) is 24.3 Å². The molecule has 0 aliphatic carbocycles. The summed E-state index contributed by atoms with van der Waals surface area (Å²) in [6, 6.07) is 9.15. The first-order valence-corrected chi connectivity index (χ1v) is 5.92. The van der Waals surface area contributed by atoms with Gasteiger partial charge in [0.2, 0.25) is 0 Å². The molecule has 21 heavy (non-hydrogen) atoms. The third-order valence-corrected chi connectivity index (χ3v) is 2.79. The van der Waals surface area contributed by atoms with Crippen molar-refractivity contribution in [2.24, 2.45) is 0 Å². The molecule has 0 aliphatic heterocycles. The summed E-state index contributed by atoms with van der Waals surface area (Å²) in [4.78, 5) is 11.8. The normalized spacial score (nSPS) is 9.95. The lowest BCUT2D eigenvalue weighted by molar-refractivity contribution is 0.0469. The summed E-state index contributed by atoms with van der Waals surface area (Å²) in [5.41, 5.74) is 5.39. The number of hydrogen-bond acceptors (Lipinski definition) is 4. The van der Waals surface area contributed by atoms with Crippen LogP contribution in [-0.2, 0) is 11.3 Å². The number of nitrogens with zero attached hydrogens (tertiary/aromatic N) is 1. The van der Waals surface area contributed by atoms with E-state index in [2.05, 4.69) is 0 Å². The van der Waals surface area contributed by atoms with Gasteiger partial charge in [0.1, 0.15) is 24.3 Å². The molecule has 0 fully saturated rings. The fourth-order valence-corrected chi connectivity index (χ4v) is 1.70. The number of nitriles is 1. The summed E-state index contributed by atoms with van der Waals surface area (Å²) in [7, 11) is 0. The minimum atomic E-state index is -0.867. The second kappa shape index (κ2) is 6.01. The van der Waals surface area contributed by atoms with E-state index in [9.17, 15) is 13.6 Å². The molecule has 0 heterocycles. The van der Waals surface area contributed by atoms with Gasteiger partial charge in [-0.25, -0.2) is 13.6 Å². The molecule has 2 rings (SSSR count). The highest BCUT2D eigenvalue weighted by Gasteiger charge is 2.14. The maximum absolute atomic E-state index is 13.8. The van der Waals surface area contributed by atoms with Gasteiger partial charge in [-0.15, -0.1) is 0 Å². The predicted octanol–water partition coefficient (Wildman–Crippen LogP) is 2.78. The molecule has 0 amide bonds. The van der Waals surface area contributed by atoms with Crippen molar-refractivity contribution in [1.82, 2.24) is 0 Å². The van der Waals surface area contributed by atoms with E-state index in [0.717, 1.165) is 12.1 Å². The van der Waals surface area contributed by atoms with Crippen LogP contribution in [0.2, 0.25) is 0 Å². The van der Waals surface area contributed by atoms with Crippen molar-refractivity contribution in [3.8, 4) is 6.07 Å². The highest BCUT2D eigenvalue weighted by atomic mass is 19.1. The van der Waals surface area contributed by atoms with Crippen LogP contribution in [0, 0.1) is 23.0 Å². The van der Waals surface area contributed by atoms with Gasteiger partial charge < -0.3 is 10.5 Å². The third kappa shape index (κ3) is 3.15. The fraction of sp³-hybridized carbons (Fsp3) is 0.0667. The Balaban J connectivity index is 2.15. The van der Waals surface area contributed by atoms with E-state index >= 15 is 0 Å². The Morgan fingerprint density at radius 3 is 2.76 bits per heavy atom. The van der Waals surface area contributed by atoms with Crippen LogP contribution in [0.25, 0.3) is 0 Å². The van der Waals surface area contributed by atoms with Crippen LogP contribution < -0.4 is 5.73 Å². The molecular formula is C15H10F2N2O2. The highest BCUT2D eigenvalue weighted by molar-refractivity contribution is 5.95. The summed E-state index contributed by atoms with van der Waals surface area (Å²) in [5.74, 6) is -2.25. The van der Waals surface area contributed by atoms with E-state index < -0.39 is 17.6 Å². The molecule has 0 saturated carbocycles. The second-order valence-electron chi connectivity index (χ2n) is 4.20. The molecule has 0 aromatic heterocycles. The molecule has 4 nitrogen and oxygen atoms in total. The van der Waals surface area contributed by atoms with Gasteiger partial charge in [0.15, 0.2) is 0 Å². The van der Waals surface area contributed by atoms with E-state index in [1.54, 1.807) is 6.07 Å². The average Bonchev–Trinajstić information content (AvgIpc) is 2.48. The standard InChI is InChI=1S/C15H10F2N2O2/c16-11-4-5-13(19)12(6-11)15(20)21-8-10-3-1-2-9(7-18)14(10)17/h1-6H,8,19H2. The zero-order valence-corrected chi connectivity index (χ0v) is 10.8. The smallest absolute Gasteiger partial charge is 0.340 e. The Hall–Kier alpha value is -2.94. The van der Waals surface area contributed by atoms with Gasteiger partial charge in [0, 0.05) is 11.3 Å². The summed E-state index contributed by atoms with van der Waals surface area (Å²) >= 11 is 0. The largest absolute Gasteiger partial charge is 0.457 e. The molecule has 0 aliphatic rings. The zero-order chi connectivity index (χ0) is 15.4. The predicted molar refractivity (Wildman–Crippen MR) is 71.0 cm³/mol. The first-order valence-electron chi connectivity index (χ1n) is 5.92. The van der Waals surface area contributed by atoms with Crippen molar-refractivity contribution in [1.29, 1.82) is 5.26 Å². The van der Waals surface area contributed by atoms with Crippen LogP contribution in [0.15, 0.2) is 36.4 Å². The zero-order valence-electron chi connectivity index (χ0n) is 10.8. The number of carbonyl (C=O) groups excluding carboxylic acids is 1. The van der Waals surface area contributed by atoms with Crippen molar-refractivity contribution in [2.45, 2.75) is 6.61 Å². The fourth-order valence-electron chi connectivity index (χ4n) is 1.70. The Kier molecular flexibility index (Phi) is 4.14. The van der Waals surface area contributed by atoms with Crippen molar-refractivity contribution < 1.29 is 18.3 Å². The topological polar surface area (TPSA) is 76.1 Å². The molecule has 2 N–H and O–H groups in total. The molecule has 2 aromatic rings. The lowest BCUT2D eigenvalue weighted by Gasteiger charge is -2.08. The average molecular weight is 288 g/mol. The number of esters is 1. The van der Waals surface area contributed by atoms with Gasteiger partial charge >= 0.3 is 5.97 Å². The molecule has 2 aromatic carbocycles. The summed E-state index contributed by atoms with van der Waals surface area (Å²) in [5, 5.41) is 8.71. The Bertz CT molecular complexity index is 739. The molecule has 6 heteroatoms. The number of anilines is 1. The summed E-state index contributed by atoms with van der Waals surface area (Å²) in [6.45, 7) is -0.379. The molecule has 0 saturated heterocycles. The van der Waals surface area contributed by atoms with E-state index in [4.69, 9.17) is 15.7 Å². The number of rotatable bonds is 3. The summed E-state index contributed by atoms with van der Waals surface area (Å²) < 4.78 is 31.7. The second-order valence-corrected chi connectivity index (χ2v) is 4.20. The highest BCUT2D eigenvalue weighted by Crippen LogP contribution is 2.17. The molecule has 0 atom stereocenters. The van der Waals surface area contributed by atoms with Crippen molar-refractivity contribution >= 4 is 11.7 Å². The number of nitrogen functional groups attached to an aromatic ring is 1. The van der Waals surface area contributed by atoms with E-state index in [1.165, 1.54) is 24.3 Å². The number of hydrogen-bond donors (Lipinski definition) is 1. The number of ether oxygens (including phenoxy) is 1. The maximum Gasteiger partial charge on any atom is 0.340 e. The van der Waals surface area contributed by atoms with Gasteiger partial charge in [0.25, 0.3) is 0 Å². The third-order valence-electron chi connectivity index (χ3n) is 2.79. The van der Waals surface area contributed by atoms with Crippen LogP contribution in [0.1, 0.15) is 21.5 Å². The van der Waals surface area contributed by atoms with Crippen molar-refractivity contribution in [2.75, 3.05) is 5.73 Å². The molecule has 0 radical (unpaired) electrons. The van der Waals surface area contributed by atoms with Crippen molar-refractivity contribution in [3.05, 3.63) is 64.7 Å². The molecule has 0 spiro atoms. The van der Waals surface area contributed by atoms with Gasteiger partial charge in [0.05, 0.1) is 11.1 Å². The Morgan fingerprint density at radius 2 is 2.05 bits per heavy atom. The van der Waals surface area contributed by atoms with E-state index in [1.807, 2.05) is 0 Å². The monoisotopic (exact) mass is 288 g/mol. The first kappa shape index (κ1) is 14.5. The van der Waals surface area contributed by atoms with Gasteiger partial charge in [-0.3, -0.25) is 0 Å². The molecule has 0 unspecified atom stereocenters. The van der Waals surface area contributed by atoms with Crippen LogP contribution in [0.5, 0.6) is 0 Å². The number of carbonyl (C=O) groups is 1. The number of nitrogens with two attached hydrogens (primary N) is 1. The van der Waals surface area contributed by atoms with Gasteiger partial charge in [-0.1, -0.05) is 12.1 Å².